The average Bonchev–Trinajstić information content (AvgIpc) is 3.04. The Morgan fingerprint density at radius 2 is 1.76 bits per heavy atom. The molecule has 0 radical (unpaired) electrons. The Morgan fingerprint density at radius 3 is 2.41 bits per heavy atom. The highest BCUT2D eigenvalue weighted by atomic mass is 15.0. The number of H-pyrrole nitrogens is 1. The number of pyridine rings is 1. The van der Waals surface area contributed by atoms with Crippen molar-refractivity contribution < 1.29 is 0 Å². The van der Waals surface area contributed by atoms with Crippen LogP contribution in [0.15, 0.2) is 58.7 Å². The second kappa shape index (κ2) is 4.17. The maximum atomic E-state index is 4.26. The summed E-state index contributed by atoms with van der Waals surface area (Å²) in [7, 11) is 0. The summed E-state index contributed by atoms with van der Waals surface area (Å²) in [4.78, 5) is 15.7. The number of aromatic nitrogens is 2. The molecule has 0 amide bonds. The van der Waals surface area contributed by atoms with E-state index < -0.39 is 0 Å². The lowest BCUT2D eigenvalue weighted by Crippen LogP contribution is -1.91. The van der Waals surface area contributed by atoms with E-state index in [-0.39, 0.29) is 0 Å². The first-order valence-corrected chi connectivity index (χ1v) is 5.30. The van der Waals surface area contributed by atoms with Gasteiger partial charge in [0.2, 0.25) is 0 Å². The van der Waals surface area contributed by atoms with E-state index in [1.807, 2.05) is 30.5 Å². The molecule has 3 rings (SSSR count). The summed E-state index contributed by atoms with van der Waals surface area (Å²) < 4.78 is 0. The largest absolute Gasteiger partial charge is 0.361 e. The Bertz CT molecular complexity index is 578. The van der Waals surface area contributed by atoms with Gasteiger partial charge in [-0.1, -0.05) is 0 Å². The van der Waals surface area contributed by atoms with Crippen LogP contribution in [0, 0.1) is 0 Å². The van der Waals surface area contributed by atoms with Gasteiger partial charge >= 0.3 is 0 Å². The van der Waals surface area contributed by atoms with Gasteiger partial charge in [-0.3, -0.25) is 4.98 Å². The van der Waals surface area contributed by atoms with Crippen LogP contribution >= 0.6 is 0 Å². The third kappa shape index (κ3) is 1.80. The van der Waals surface area contributed by atoms with Crippen LogP contribution in [-0.2, 0) is 0 Å². The van der Waals surface area contributed by atoms with Crippen molar-refractivity contribution in [2.75, 3.05) is 0 Å². The van der Waals surface area contributed by atoms with Gasteiger partial charge < -0.3 is 4.98 Å². The number of rotatable bonds is 2. The Morgan fingerprint density at radius 1 is 1.00 bits per heavy atom. The van der Waals surface area contributed by atoms with Gasteiger partial charge in [0.05, 0.1) is 0 Å². The molecule has 4 nitrogen and oxygen atoms in total. The van der Waals surface area contributed by atoms with Crippen LogP contribution < -0.4 is 0 Å². The van der Waals surface area contributed by atoms with E-state index in [1.54, 1.807) is 24.8 Å². The smallest absolute Gasteiger partial charge is 0.161 e. The van der Waals surface area contributed by atoms with Crippen LogP contribution in [0.1, 0.15) is 11.3 Å². The molecule has 17 heavy (non-hydrogen) atoms. The van der Waals surface area contributed by atoms with E-state index in [4.69, 9.17) is 0 Å². The van der Waals surface area contributed by atoms with Crippen LogP contribution in [0.5, 0.6) is 0 Å². The van der Waals surface area contributed by atoms with Crippen LogP contribution in [0.4, 0.5) is 0 Å². The standard InChI is InChI=1S/C13H10N4/c1-2-11(15-5-1)12(13-16-8-9-17-13)10-3-6-14-7-4-10/h1-9,15H. The molecule has 0 bridgehead atoms. The number of nitrogens with one attached hydrogen (secondary N) is 1. The highest BCUT2D eigenvalue weighted by molar-refractivity contribution is 6.19. The van der Waals surface area contributed by atoms with Crippen molar-refractivity contribution >= 4 is 18.0 Å². The molecule has 2 aromatic heterocycles. The second-order valence-corrected chi connectivity index (χ2v) is 3.57. The molecule has 2 aromatic rings. The van der Waals surface area contributed by atoms with Gasteiger partial charge in [0.15, 0.2) is 5.82 Å². The van der Waals surface area contributed by atoms with Gasteiger partial charge in [-0.05, 0) is 29.8 Å². The van der Waals surface area contributed by atoms with Crippen molar-refractivity contribution in [1.82, 2.24) is 9.97 Å². The number of hydrogen-bond acceptors (Lipinski definition) is 3. The first-order valence-electron chi connectivity index (χ1n) is 5.30. The topological polar surface area (TPSA) is 53.4 Å². The summed E-state index contributed by atoms with van der Waals surface area (Å²) in [6.45, 7) is 0. The van der Waals surface area contributed by atoms with Gasteiger partial charge in [-0.25, -0.2) is 9.98 Å². The van der Waals surface area contributed by atoms with Crippen LogP contribution in [0.2, 0.25) is 0 Å². The van der Waals surface area contributed by atoms with E-state index in [0.717, 1.165) is 22.7 Å². The van der Waals surface area contributed by atoms with Gasteiger partial charge in [-0.15, -0.1) is 0 Å². The Kier molecular flexibility index (Phi) is 2.38. The van der Waals surface area contributed by atoms with Gasteiger partial charge in [0.1, 0.15) is 0 Å². The minimum atomic E-state index is 0.721. The molecular formula is C13H10N4. The van der Waals surface area contributed by atoms with Crippen LogP contribution in [0.3, 0.4) is 0 Å². The van der Waals surface area contributed by atoms with Crippen molar-refractivity contribution in [3.63, 3.8) is 0 Å². The molecule has 0 aliphatic carbocycles. The maximum Gasteiger partial charge on any atom is 0.161 e. The molecule has 0 spiro atoms. The van der Waals surface area contributed by atoms with Crippen LogP contribution in [0.25, 0.3) is 5.57 Å². The summed E-state index contributed by atoms with van der Waals surface area (Å²) in [5, 5.41) is 0. The molecule has 82 valence electrons. The first-order chi connectivity index (χ1) is 8.45. The SMILES string of the molecule is C1=NC(=C(c2ccncc2)c2ccc[nH]2)N=C1. The molecule has 1 aliphatic heterocycles. The summed E-state index contributed by atoms with van der Waals surface area (Å²) in [6, 6.07) is 7.87. The van der Waals surface area contributed by atoms with E-state index in [2.05, 4.69) is 20.0 Å². The number of nitrogens with zero attached hydrogens (tertiary/aromatic N) is 3. The van der Waals surface area contributed by atoms with E-state index in [1.165, 1.54) is 0 Å². The minimum Gasteiger partial charge on any atom is -0.361 e. The predicted octanol–water partition coefficient (Wildman–Crippen LogP) is 2.28. The molecule has 1 aliphatic rings. The molecule has 0 fully saturated rings. The Hall–Kier alpha value is -2.49. The summed E-state index contributed by atoms with van der Waals surface area (Å²) >= 11 is 0. The lowest BCUT2D eigenvalue weighted by Gasteiger charge is -2.06. The lowest BCUT2D eigenvalue weighted by molar-refractivity contribution is 1.24. The number of aliphatic imine (C=N–C) groups is 2. The summed E-state index contributed by atoms with van der Waals surface area (Å²) in [5.74, 6) is 0.721. The zero-order valence-electron chi connectivity index (χ0n) is 9.04. The second-order valence-electron chi connectivity index (χ2n) is 3.57. The lowest BCUT2D eigenvalue weighted by atomic mass is 10.0. The van der Waals surface area contributed by atoms with E-state index in [0.29, 0.717) is 0 Å². The number of aromatic amines is 1. The summed E-state index contributed by atoms with van der Waals surface area (Å²) in [6.07, 6.45) is 8.81. The first kappa shape index (κ1) is 9.72. The maximum absolute atomic E-state index is 4.26. The molecule has 0 aromatic carbocycles. The Labute approximate surface area is 98.5 Å². The Balaban J connectivity index is 2.20. The van der Waals surface area contributed by atoms with Crippen molar-refractivity contribution in [1.29, 1.82) is 0 Å². The fourth-order valence-corrected chi connectivity index (χ4v) is 1.78. The highest BCUT2D eigenvalue weighted by Gasteiger charge is 2.12. The molecule has 3 heterocycles. The fraction of sp³-hybridized carbons (Fsp3) is 0. The van der Waals surface area contributed by atoms with Gasteiger partial charge in [0.25, 0.3) is 0 Å². The normalized spacial score (nSPS) is 13.3. The quantitative estimate of drug-likeness (QED) is 0.832. The molecule has 0 unspecified atom stereocenters. The number of hydrogen-bond donors (Lipinski definition) is 1. The molecular weight excluding hydrogens is 212 g/mol. The molecule has 0 saturated heterocycles. The molecule has 0 atom stereocenters. The highest BCUT2D eigenvalue weighted by Crippen LogP contribution is 2.27. The predicted molar refractivity (Wildman–Crippen MR) is 68.0 cm³/mol. The van der Waals surface area contributed by atoms with E-state index >= 15 is 0 Å². The minimum absolute atomic E-state index is 0.721. The van der Waals surface area contributed by atoms with Crippen molar-refractivity contribution in [3.8, 4) is 0 Å². The van der Waals surface area contributed by atoms with E-state index in [9.17, 15) is 0 Å². The zero-order valence-corrected chi connectivity index (χ0v) is 9.04. The molecule has 0 saturated carbocycles. The summed E-state index contributed by atoms with van der Waals surface area (Å²) in [5.41, 5.74) is 3.04. The zero-order chi connectivity index (χ0) is 11.5. The monoisotopic (exact) mass is 222 g/mol. The van der Waals surface area contributed by atoms with Gasteiger partial charge in [0, 0.05) is 42.3 Å². The van der Waals surface area contributed by atoms with Crippen LogP contribution in [-0.4, -0.2) is 22.4 Å². The van der Waals surface area contributed by atoms with Gasteiger partial charge in [-0.2, -0.15) is 0 Å². The average molecular weight is 222 g/mol. The molecule has 4 heteroatoms. The van der Waals surface area contributed by atoms with Crippen molar-refractivity contribution in [2.45, 2.75) is 0 Å². The van der Waals surface area contributed by atoms with Crippen molar-refractivity contribution in [3.05, 3.63) is 59.9 Å². The third-order valence-corrected chi connectivity index (χ3v) is 2.52. The fourth-order valence-electron chi connectivity index (χ4n) is 1.78. The third-order valence-electron chi connectivity index (χ3n) is 2.52. The molecule has 1 N–H and O–H groups in total. The van der Waals surface area contributed by atoms with Crippen molar-refractivity contribution in [2.24, 2.45) is 9.98 Å².